The maximum absolute atomic E-state index is 13.6. The van der Waals surface area contributed by atoms with Gasteiger partial charge in [0.1, 0.15) is 0 Å². The summed E-state index contributed by atoms with van der Waals surface area (Å²) in [6.45, 7) is 10.8. The van der Waals surface area contributed by atoms with Crippen LogP contribution in [0.25, 0.3) is 0 Å². The topological polar surface area (TPSA) is 127 Å². The first kappa shape index (κ1) is 35.0. The molecule has 2 N–H and O–H groups in total. The SMILES string of the molecule is CCN1CCC2(CN(c3ncccn3)CC23CCN(Cc2ccc(C)s2)CC3)C1=O.O=C(O)C(F)(F)F.O=C(O)C(F)(F)F. The minimum absolute atomic E-state index is 0.0229. The van der Waals surface area contributed by atoms with Crippen molar-refractivity contribution in [3.8, 4) is 0 Å². The van der Waals surface area contributed by atoms with Crippen molar-refractivity contribution >= 4 is 35.1 Å². The number of rotatable bonds is 4. The Bertz CT molecular complexity index is 1280. The highest BCUT2D eigenvalue weighted by molar-refractivity contribution is 7.11. The number of thiophene rings is 1. The Morgan fingerprint density at radius 2 is 1.48 bits per heavy atom. The summed E-state index contributed by atoms with van der Waals surface area (Å²) in [5, 5.41) is 14.2. The van der Waals surface area contributed by atoms with Gasteiger partial charge in [0.25, 0.3) is 0 Å². The molecule has 2 aromatic heterocycles. The van der Waals surface area contributed by atoms with Gasteiger partial charge in [-0.3, -0.25) is 9.69 Å². The third-order valence-electron chi connectivity index (χ3n) is 8.16. The molecule has 5 heterocycles. The van der Waals surface area contributed by atoms with E-state index in [-0.39, 0.29) is 10.8 Å². The normalized spacial score (nSPS) is 21.6. The van der Waals surface area contributed by atoms with Gasteiger partial charge in [0, 0.05) is 60.3 Å². The van der Waals surface area contributed by atoms with Gasteiger partial charge in [-0.1, -0.05) is 0 Å². The van der Waals surface area contributed by atoms with Crippen LogP contribution < -0.4 is 4.90 Å². The zero-order valence-corrected chi connectivity index (χ0v) is 24.8. The van der Waals surface area contributed by atoms with Crippen molar-refractivity contribution in [2.45, 2.75) is 52.0 Å². The number of hydrogen-bond acceptors (Lipinski definition) is 8. The molecule has 1 amide bonds. The number of alkyl halides is 6. The van der Waals surface area contributed by atoms with E-state index in [1.807, 2.05) is 17.4 Å². The van der Waals surface area contributed by atoms with Crippen LogP contribution in [-0.2, 0) is 20.9 Å². The first-order chi connectivity index (χ1) is 20.4. The van der Waals surface area contributed by atoms with Crippen LogP contribution in [0, 0.1) is 17.8 Å². The highest BCUT2D eigenvalue weighted by atomic mass is 32.1. The number of fused-ring (bicyclic) bond motifs is 1. The average Bonchev–Trinajstić information content (AvgIpc) is 3.61. The van der Waals surface area contributed by atoms with Crippen molar-refractivity contribution < 1.29 is 50.9 Å². The fourth-order valence-corrected chi connectivity index (χ4v) is 6.94. The Labute approximate surface area is 253 Å². The van der Waals surface area contributed by atoms with Crippen molar-refractivity contribution in [1.82, 2.24) is 19.8 Å². The van der Waals surface area contributed by atoms with Crippen LogP contribution in [0.2, 0.25) is 0 Å². The quantitative estimate of drug-likeness (QED) is 0.460. The van der Waals surface area contributed by atoms with E-state index < -0.39 is 24.3 Å². The minimum Gasteiger partial charge on any atom is -0.475 e. The lowest BCUT2D eigenvalue weighted by molar-refractivity contribution is -0.193. The lowest BCUT2D eigenvalue weighted by atomic mass is 9.60. The van der Waals surface area contributed by atoms with E-state index in [2.05, 4.69) is 50.6 Å². The third-order valence-corrected chi connectivity index (χ3v) is 9.15. The molecule has 1 unspecified atom stereocenters. The molecule has 244 valence electrons. The summed E-state index contributed by atoms with van der Waals surface area (Å²) in [5.74, 6) is -4.38. The van der Waals surface area contributed by atoms with Gasteiger partial charge in [-0.05, 0) is 64.4 Å². The number of halogens is 6. The molecule has 0 saturated carbocycles. The number of piperidine rings is 1. The molecule has 0 radical (unpaired) electrons. The van der Waals surface area contributed by atoms with Crippen LogP contribution in [0.4, 0.5) is 32.3 Å². The van der Waals surface area contributed by atoms with Crippen molar-refractivity contribution in [3.63, 3.8) is 0 Å². The van der Waals surface area contributed by atoms with Crippen LogP contribution >= 0.6 is 11.3 Å². The maximum atomic E-state index is 13.6. The van der Waals surface area contributed by atoms with E-state index in [0.29, 0.717) is 5.91 Å². The molecule has 3 fully saturated rings. The average molecular weight is 654 g/mol. The third kappa shape index (κ3) is 7.97. The van der Waals surface area contributed by atoms with E-state index in [1.165, 1.54) is 9.75 Å². The number of aryl methyl sites for hydroxylation is 1. The number of likely N-dealkylation sites (tertiary alicyclic amines) is 2. The maximum Gasteiger partial charge on any atom is 0.490 e. The second-order valence-electron chi connectivity index (χ2n) is 10.8. The summed E-state index contributed by atoms with van der Waals surface area (Å²) in [7, 11) is 0. The van der Waals surface area contributed by atoms with Gasteiger partial charge in [0.05, 0.1) is 5.41 Å². The standard InChI is InChI=1S/C23H31N5OS.2C2HF3O2/c1-3-27-14-9-23(20(27)29)17-28(21-24-10-4-11-25-21)16-22(23)7-12-26(13-8-22)15-19-6-5-18(2)30-19;2*3-2(4,5)1(6)7/h4-6,10-11H,3,7-9,12-17H2,1-2H3;2*(H,6,7). The summed E-state index contributed by atoms with van der Waals surface area (Å²) in [5.41, 5.74) is -0.261. The molecule has 0 bridgehead atoms. The molecule has 10 nitrogen and oxygen atoms in total. The fourth-order valence-electron chi connectivity index (χ4n) is 6.01. The summed E-state index contributed by atoms with van der Waals surface area (Å²) in [6.07, 6.45) is -3.44. The Morgan fingerprint density at radius 3 is 1.91 bits per heavy atom. The lowest BCUT2D eigenvalue weighted by Gasteiger charge is -2.46. The molecule has 5 rings (SSSR count). The lowest BCUT2D eigenvalue weighted by Crippen LogP contribution is -2.52. The van der Waals surface area contributed by atoms with E-state index >= 15 is 0 Å². The summed E-state index contributed by atoms with van der Waals surface area (Å²) in [6, 6.07) is 6.33. The zero-order chi connectivity index (χ0) is 32.9. The van der Waals surface area contributed by atoms with Crippen molar-refractivity contribution in [2.24, 2.45) is 10.8 Å². The number of anilines is 1. The fraction of sp³-hybridized carbons (Fsp3) is 0.593. The number of aromatic nitrogens is 2. The molecule has 2 aromatic rings. The predicted molar refractivity (Wildman–Crippen MR) is 147 cm³/mol. The van der Waals surface area contributed by atoms with Crippen molar-refractivity contribution in [2.75, 3.05) is 44.2 Å². The second kappa shape index (κ2) is 13.7. The molecule has 3 aliphatic rings. The van der Waals surface area contributed by atoms with Crippen LogP contribution in [0.5, 0.6) is 0 Å². The molecule has 1 atom stereocenters. The van der Waals surface area contributed by atoms with Gasteiger partial charge >= 0.3 is 24.3 Å². The smallest absolute Gasteiger partial charge is 0.475 e. The van der Waals surface area contributed by atoms with Crippen LogP contribution in [0.1, 0.15) is 35.9 Å². The van der Waals surface area contributed by atoms with Gasteiger partial charge < -0.3 is 20.0 Å². The molecule has 3 aliphatic heterocycles. The van der Waals surface area contributed by atoms with Gasteiger partial charge in [0.15, 0.2) is 0 Å². The zero-order valence-electron chi connectivity index (χ0n) is 24.0. The van der Waals surface area contributed by atoms with Crippen LogP contribution in [-0.4, -0.2) is 99.4 Å². The van der Waals surface area contributed by atoms with Gasteiger partial charge in [0.2, 0.25) is 11.9 Å². The van der Waals surface area contributed by atoms with Crippen LogP contribution in [0.15, 0.2) is 30.6 Å². The number of carboxylic acids is 2. The summed E-state index contributed by atoms with van der Waals surface area (Å²) in [4.78, 5) is 50.2. The molecule has 17 heteroatoms. The highest BCUT2D eigenvalue weighted by Gasteiger charge is 2.65. The number of carbonyl (C=O) groups excluding carboxylic acids is 1. The van der Waals surface area contributed by atoms with Gasteiger partial charge in [-0.15, -0.1) is 11.3 Å². The van der Waals surface area contributed by atoms with E-state index in [0.717, 1.165) is 71.0 Å². The molecular weight excluding hydrogens is 620 g/mol. The van der Waals surface area contributed by atoms with Crippen molar-refractivity contribution in [3.05, 3.63) is 40.3 Å². The molecular formula is C27H33F6N5O5S. The Morgan fingerprint density at radius 1 is 0.932 bits per heavy atom. The predicted octanol–water partition coefficient (Wildman–Crippen LogP) is 4.45. The number of carboxylic acid groups (broad SMARTS) is 2. The molecule has 0 aliphatic carbocycles. The minimum atomic E-state index is -5.08. The number of hydrogen-bond donors (Lipinski definition) is 2. The molecule has 3 saturated heterocycles. The monoisotopic (exact) mass is 653 g/mol. The Balaban J connectivity index is 0.000000317. The first-order valence-electron chi connectivity index (χ1n) is 13.6. The highest BCUT2D eigenvalue weighted by Crippen LogP contribution is 2.58. The number of amides is 1. The van der Waals surface area contributed by atoms with E-state index in [1.54, 1.807) is 12.4 Å². The summed E-state index contributed by atoms with van der Waals surface area (Å²) >= 11 is 1.90. The first-order valence-corrected chi connectivity index (χ1v) is 14.4. The molecule has 0 aromatic carbocycles. The van der Waals surface area contributed by atoms with E-state index in [4.69, 9.17) is 19.8 Å². The van der Waals surface area contributed by atoms with E-state index in [9.17, 15) is 31.1 Å². The second-order valence-corrected chi connectivity index (χ2v) is 12.2. The molecule has 44 heavy (non-hydrogen) atoms. The largest absolute Gasteiger partial charge is 0.490 e. The van der Waals surface area contributed by atoms with Gasteiger partial charge in [-0.2, -0.15) is 26.3 Å². The Kier molecular flexibility index (Phi) is 10.9. The number of aliphatic carboxylic acids is 2. The number of nitrogens with zero attached hydrogens (tertiary/aromatic N) is 5. The van der Waals surface area contributed by atoms with Gasteiger partial charge in [-0.25, -0.2) is 19.6 Å². The summed E-state index contributed by atoms with van der Waals surface area (Å²) < 4.78 is 63.5. The van der Waals surface area contributed by atoms with Crippen molar-refractivity contribution in [1.29, 1.82) is 0 Å². The Hall–Kier alpha value is -3.47. The number of carbonyl (C=O) groups is 3. The molecule has 2 spiro atoms. The van der Waals surface area contributed by atoms with Crippen LogP contribution in [0.3, 0.4) is 0 Å².